The lowest BCUT2D eigenvalue weighted by Gasteiger charge is -2.41. The molecule has 0 bridgehead atoms. The Balaban J connectivity index is 1.40. The molecule has 2 aromatic carbocycles. The van der Waals surface area contributed by atoms with E-state index in [4.69, 9.17) is 10.5 Å². The number of anilines is 1. The van der Waals surface area contributed by atoms with Gasteiger partial charge in [0.05, 0.1) is 23.5 Å². The van der Waals surface area contributed by atoms with Crippen molar-refractivity contribution >= 4 is 41.1 Å². The van der Waals surface area contributed by atoms with Crippen LogP contribution in [0.15, 0.2) is 47.4 Å². The normalized spacial score (nSPS) is 17.7. The number of carbonyl (C=O) groups is 4. The van der Waals surface area contributed by atoms with Gasteiger partial charge >= 0.3 is 0 Å². The highest BCUT2D eigenvalue weighted by atomic mass is 32.2. The number of nitrogens with two attached hydrogens (primary N) is 1. The molecule has 3 N–H and O–H groups in total. The molecule has 0 radical (unpaired) electrons. The van der Waals surface area contributed by atoms with Crippen molar-refractivity contribution in [1.82, 2.24) is 14.5 Å². The van der Waals surface area contributed by atoms with E-state index in [-0.39, 0.29) is 42.0 Å². The molecular formula is C29H37N5O6S. The summed E-state index contributed by atoms with van der Waals surface area (Å²) in [4.78, 5) is 52.4. The molecule has 2 unspecified atom stereocenters. The molecule has 11 nitrogen and oxygen atoms in total. The molecule has 2 heterocycles. The number of ether oxygens (including phenoxy) is 1. The van der Waals surface area contributed by atoms with Crippen LogP contribution >= 0.6 is 0 Å². The summed E-state index contributed by atoms with van der Waals surface area (Å²) in [5, 5.41) is 2.53. The van der Waals surface area contributed by atoms with E-state index in [1.165, 1.54) is 19.0 Å². The minimum absolute atomic E-state index is 0.111. The molecule has 0 aliphatic carbocycles. The van der Waals surface area contributed by atoms with Crippen LogP contribution in [0.4, 0.5) is 5.69 Å². The molecular weight excluding hydrogens is 546 g/mol. The smallest absolute Gasteiger partial charge is 0.255 e. The van der Waals surface area contributed by atoms with Crippen LogP contribution in [0.5, 0.6) is 5.75 Å². The van der Waals surface area contributed by atoms with Gasteiger partial charge in [-0.3, -0.25) is 14.4 Å². The highest BCUT2D eigenvalue weighted by molar-refractivity contribution is 7.82. The van der Waals surface area contributed by atoms with Gasteiger partial charge in [-0.15, -0.1) is 0 Å². The molecule has 4 rings (SSSR count). The Kier molecular flexibility index (Phi) is 10.2. The van der Waals surface area contributed by atoms with Gasteiger partial charge in [0, 0.05) is 50.9 Å². The van der Waals surface area contributed by atoms with Gasteiger partial charge < -0.3 is 30.4 Å². The molecule has 12 heteroatoms. The van der Waals surface area contributed by atoms with E-state index in [0.29, 0.717) is 49.4 Å². The summed E-state index contributed by atoms with van der Waals surface area (Å²) in [6.07, 6.45) is 3.15. The van der Waals surface area contributed by atoms with Gasteiger partial charge in [-0.2, -0.15) is 0 Å². The SMILES string of the molecule is CNC(=O)C(CCC=O)N(C)C(=O)c1cc(N2CC(Oc3cccc(S(=O)N4CCC(N)CC4)c3)C2)ccc1C=O. The summed E-state index contributed by atoms with van der Waals surface area (Å²) in [6, 6.07) is 11.6. The predicted octanol–water partition coefficient (Wildman–Crippen LogP) is 1.38. The molecule has 2 aliphatic rings. The summed E-state index contributed by atoms with van der Waals surface area (Å²) in [5.74, 6) is -0.233. The van der Waals surface area contributed by atoms with Crippen LogP contribution in [-0.2, 0) is 20.6 Å². The van der Waals surface area contributed by atoms with Crippen LogP contribution in [-0.4, -0.2) is 96.3 Å². The summed E-state index contributed by atoms with van der Waals surface area (Å²) in [6.45, 7) is 2.51. The lowest BCUT2D eigenvalue weighted by molar-refractivity contribution is -0.125. The molecule has 41 heavy (non-hydrogen) atoms. The molecule has 0 spiro atoms. The Morgan fingerprint density at radius 3 is 2.56 bits per heavy atom. The number of amides is 2. The van der Waals surface area contributed by atoms with Crippen LogP contribution in [0.2, 0.25) is 0 Å². The van der Waals surface area contributed by atoms with Gasteiger partial charge in [-0.1, -0.05) is 6.07 Å². The number of piperidine rings is 1. The zero-order valence-corrected chi connectivity index (χ0v) is 24.2. The molecule has 0 aromatic heterocycles. The average Bonchev–Trinajstić information content (AvgIpc) is 2.98. The average molecular weight is 584 g/mol. The maximum absolute atomic E-state index is 13.4. The first-order chi connectivity index (χ1) is 19.7. The second-order valence-electron chi connectivity index (χ2n) is 10.3. The number of rotatable bonds is 12. The molecule has 2 aromatic rings. The molecule has 2 aliphatic heterocycles. The number of nitrogens with zero attached hydrogens (tertiary/aromatic N) is 3. The summed E-state index contributed by atoms with van der Waals surface area (Å²) in [5.41, 5.74) is 7.11. The van der Waals surface area contributed by atoms with Gasteiger partial charge in [0.25, 0.3) is 5.91 Å². The fourth-order valence-electron chi connectivity index (χ4n) is 5.02. The zero-order valence-electron chi connectivity index (χ0n) is 23.4. The van der Waals surface area contributed by atoms with Crippen molar-refractivity contribution in [3.63, 3.8) is 0 Å². The maximum atomic E-state index is 13.4. The van der Waals surface area contributed by atoms with Crippen LogP contribution in [0, 0.1) is 0 Å². The highest BCUT2D eigenvalue weighted by Gasteiger charge is 2.32. The predicted molar refractivity (Wildman–Crippen MR) is 155 cm³/mol. The molecule has 220 valence electrons. The van der Waals surface area contributed by atoms with Gasteiger partial charge in [-0.25, -0.2) is 8.51 Å². The van der Waals surface area contributed by atoms with E-state index >= 15 is 0 Å². The first-order valence-electron chi connectivity index (χ1n) is 13.7. The highest BCUT2D eigenvalue weighted by Crippen LogP contribution is 2.28. The van der Waals surface area contributed by atoms with Crippen LogP contribution in [0.25, 0.3) is 0 Å². The number of carbonyl (C=O) groups excluding carboxylic acids is 4. The van der Waals surface area contributed by atoms with Crippen molar-refractivity contribution in [1.29, 1.82) is 0 Å². The molecule has 2 fully saturated rings. The summed E-state index contributed by atoms with van der Waals surface area (Å²) < 4.78 is 21.1. The van der Waals surface area contributed by atoms with Crippen molar-refractivity contribution < 1.29 is 28.1 Å². The number of hydrogen-bond acceptors (Lipinski definition) is 8. The number of likely N-dealkylation sites (N-methyl/N-ethyl adjacent to an activating group) is 2. The number of benzene rings is 2. The standard InChI is InChI=1S/C29H37N5O6S/c1-31-28(37)27(7-4-14-35)32(2)29(38)26-15-22(9-8-20(26)19-36)33-17-24(18-33)40-23-5-3-6-25(16-23)41(39)34-12-10-21(30)11-13-34/h3,5-6,8-9,14-16,19,21,24,27H,4,7,10-13,17-18,30H2,1-2H3,(H,31,37). The lowest BCUT2D eigenvalue weighted by Crippen LogP contribution is -2.54. The largest absolute Gasteiger partial charge is 0.487 e. The van der Waals surface area contributed by atoms with Gasteiger partial charge in [0.15, 0.2) is 6.29 Å². The van der Waals surface area contributed by atoms with Gasteiger partial charge in [0.2, 0.25) is 5.91 Å². The third kappa shape index (κ3) is 7.19. The minimum Gasteiger partial charge on any atom is -0.487 e. The maximum Gasteiger partial charge on any atom is 0.255 e. The molecule has 0 saturated carbocycles. The van der Waals surface area contributed by atoms with Crippen LogP contribution in [0.1, 0.15) is 46.4 Å². The summed E-state index contributed by atoms with van der Waals surface area (Å²) in [7, 11) is 1.68. The second kappa shape index (κ2) is 13.8. The number of aldehydes is 2. The zero-order chi connectivity index (χ0) is 29.5. The van der Waals surface area contributed by atoms with Crippen molar-refractivity contribution in [2.45, 2.75) is 48.8 Å². The Morgan fingerprint density at radius 2 is 1.90 bits per heavy atom. The topological polar surface area (TPSA) is 142 Å². The fraction of sp³-hybridized carbons (Fsp3) is 0.448. The van der Waals surface area contributed by atoms with Gasteiger partial charge in [-0.05, 0) is 55.7 Å². The van der Waals surface area contributed by atoms with Gasteiger partial charge in [0.1, 0.15) is 35.2 Å². The monoisotopic (exact) mass is 583 g/mol. The number of nitrogens with one attached hydrogen (secondary N) is 1. The van der Waals surface area contributed by atoms with Crippen molar-refractivity contribution in [2.24, 2.45) is 5.73 Å². The van der Waals surface area contributed by atoms with Crippen LogP contribution < -0.4 is 20.7 Å². The first kappa shape index (κ1) is 30.4. The Labute approximate surface area is 242 Å². The van der Waals surface area contributed by atoms with E-state index in [2.05, 4.69) is 5.32 Å². The second-order valence-corrected chi connectivity index (χ2v) is 11.8. The first-order valence-corrected chi connectivity index (χ1v) is 14.8. The van der Waals surface area contributed by atoms with Crippen molar-refractivity contribution in [2.75, 3.05) is 45.2 Å². The summed E-state index contributed by atoms with van der Waals surface area (Å²) >= 11 is 0. The number of hydrogen-bond donors (Lipinski definition) is 2. The van der Waals surface area contributed by atoms with E-state index in [0.717, 1.165) is 18.5 Å². The third-order valence-corrected chi connectivity index (χ3v) is 9.04. The molecule has 2 saturated heterocycles. The van der Waals surface area contributed by atoms with E-state index in [9.17, 15) is 23.4 Å². The lowest BCUT2D eigenvalue weighted by atomic mass is 10.0. The molecule has 2 atom stereocenters. The van der Waals surface area contributed by atoms with Crippen molar-refractivity contribution in [3.8, 4) is 5.75 Å². The quantitative estimate of drug-likeness (QED) is 0.357. The van der Waals surface area contributed by atoms with E-state index < -0.39 is 22.9 Å². The molecule has 2 amide bonds. The Bertz CT molecular complexity index is 1290. The minimum atomic E-state index is -1.27. The Hall–Kier alpha value is -3.61. The van der Waals surface area contributed by atoms with E-state index in [1.54, 1.807) is 18.2 Å². The van der Waals surface area contributed by atoms with Crippen molar-refractivity contribution in [3.05, 3.63) is 53.6 Å². The Morgan fingerprint density at radius 1 is 1.17 bits per heavy atom. The van der Waals surface area contributed by atoms with Crippen LogP contribution in [0.3, 0.4) is 0 Å². The fourth-order valence-corrected chi connectivity index (χ4v) is 6.27. The van der Waals surface area contributed by atoms with E-state index in [1.807, 2.05) is 33.5 Å². The third-order valence-electron chi connectivity index (χ3n) is 7.55.